The zero-order valence-corrected chi connectivity index (χ0v) is 21.0. The van der Waals surface area contributed by atoms with Crippen molar-refractivity contribution in [1.29, 1.82) is 0 Å². The van der Waals surface area contributed by atoms with Crippen LogP contribution in [0.2, 0.25) is 0 Å². The fourth-order valence-corrected chi connectivity index (χ4v) is 4.13. The molecule has 1 aliphatic rings. The fraction of sp³-hybridized carbons (Fsp3) is 0.440. The van der Waals surface area contributed by atoms with E-state index in [4.69, 9.17) is 33.0 Å². The predicted octanol–water partition coefficient (Wildman–Crippen LogP) is 4.45. The number of nitrogens with zero attached hydrogens (tertiary/aromatic N) is 2. The number of rotatable bonds is 10. The molecule has 0 N–H and O–H groups in total. The van der Waals surface area contributed by atoms with Gasteiger partial charge in [-0.05, 0) is 48.9 Å². The first-order valence-corrected chi connectivity index (χ1v) is 11.5. The van der Waals surface area contributed by atoms with E-state index in [2.05, 4.69) is 15.0 Å². The van der Waals surface area contributed by atoms with Gasteiger partial charge in [-0.1, -0.05) is 16.4 Å². The Morgan fingerprint density at radius 1 is 0.947 bits per heavy atom. The van der Waals surface area contributed by atoms with Crippen LogP contribution in [0.5, 0.6) is 11.5 Å². The summed E-state index contributed by atoms with van der Waals surface area (Å²) < 4.78 is 74.2. The second-order valence-electron chi connectivity index (χ2n) is 8.34. The molecule has 0 bridgehead atoms. The first kappa shape index (κ1) is 27.6. The second kappa shape index (κ2) is 12.0. The zero-order valence-electron chi connectivity index (χ0n) is 21.0. The third kappa shape index (κ3) is 6.54. The van der Waals surface area contributed by atoms with Crippen LogP contribution in [0.15, 0.2) is 52.1 Å². The molecule has 0 spiro atoms. The average molecular weight is 540 g/mol. The first-order valence-electron chi connectivity index (χ1n) is 11.5. The lowest BCUT2D eigenvalue weighted by molar-refractivity contribution is -0.305. The maximum atomic E-state index is 12.3. The minimum atomic E-state index is -4.76. The van der Waals surface area contributed by atoms with Crippen LogP contribution in [0, 0.1) is 0 Å². The van der Waals surface area contributed by atoms with Gasteiger partial charge < -0.3 is 37.8 Å². The first-order chi connectivity index (χ1) is 18.2. The molecule has 1 saturated heterocycles. The van der Waals surface area contributed by atoms with Crippen molar-refractivity contribution < 1.29 is 51.0 Å². The van der Waals surface area contributed by atoms with Gasteiger partial charge in [-0.15, -0.1) is 13.2 Å². The molecule has 0 amide bonds. The smallest absolute Gasteiger partial charge is 0.487 e. The average Bonchev–Trinajstić information content (AvgIpc) is 3.29. The lowest BCUT2D eigenvalue weighted by atomic mass is 9.99. The highest BCUT2D eigenvalue weighted by atomic mass is 19.4. The summed E-state index contributed by atoms with van der Waals surface area (Å²) in [5.41, 5.74) is 1.68. The highest BCUT2D eigenvalue weighted by Crippen LogP contribution is 2.28. The molecule has 38 heavy (non-hydrogen) atoms. The molecule has 1 aromatic heterocycles. The van der Waals surface area contributed by atoms with E-state index in [0.717, 1.165) is 12.1 Å². The summed E-state index contributed by atoms with van der Waals surface area (Å²) in [4.78, 5) is 5.57. The summed E-state index contributed by atoms with van der Waals surface area (Å²) >= 11 is 0. The molecular weight excluding hydrogens is 513 g/mol. The Kier molecular flexibility index (Phi) is 8.72. The van der Waals surface area contributed by atoms with Crippen molar-refractivity contribution in [2.24, 2.45) is 5.16 Å². The molecule has 3 aromatic rings. The quantitative estimate of drug-likeness (QED) is 0.273. The summed E-state index contributed by atoms with van der Waals surface area (Å²) in [6, 6.07) is 10.4. The zero-order chi connectivity index (χ0) is 27.3. The molecule has 2 aromatic carbocycles. The van der Waals surface area contributed by atoms with Gasteiger partial charge in [0.1, 0.15) is 36.0 Å². The van der Waals surface area contributed by atoms with Gasteiger partial charge in [0.15, 0.2) is 11.7 Å². The Morgan fingerprint density at radius 2 is 1.63 bits per heavy atom. The third-order valence-corrected chi connectivity index (χ3v) is 5.91. The van der Waals surface area contributed by atoms with Gasteiger partial charge in [0.05, 0.1) is 12.3 Å². The van der Waals surface area contributed by atoms with E-state index in [9.17, 15) is 13.2 Å². The Morgan fingerprint density at radius 3 is 2.29 bits per heavy atom. The van der Waals surface area contributed by atoms with Crippen molar-refractivity contribution in [3.8, 4) is 11.5 Å². The molecule has 1 fully saturated rings. The number of alkyl halides is 3. The summed E-state index contributed by atoms with van der Waals surface area (Å²) in [5, 5.41) is 8.77. The number of halogens is 3. The van der Waals surface area contributed by atoms with Crippen LogP contribution in [0.4, 0.5) is 13.2 Å². The lowest BCUT2D eigenvalue weighted by Gasteiger charge is -2.42. The summed E-state index contributed by atoms with van der Waals surface area (Å²) in [7, 11) is 4.67. The topological polar surface area (TPSA) is 103 Å². The third-order valence-electron chi connectivity index (χ3n) is 5.91. The van der Waals surface area contributed by atoms with Gasteiger partial charge in [-0.2, -0.15) is 0 Å². The highest BCUT2D eigenvalue weighted by Gasteiger charge is 2.46. The number of methoxy groups -OCH3 is 3. The van der Waals surface area contributed by atoms with Gasteiger partial charge in [-0.3, -0.25) is 0 Å². The van der Waals surface area contributed by atoms with Gasteiger partial charge in [0, 0.05) is 26.7 Å². The number of ether oxygens (including phenoxy) is 6. The normalized spacial score (nSPS) is 24.1. The molecule has 13 heteroatoms. The second-order valence-corrected chi connectivity index (χ2v) is 8.34. The van der Waals surface area contributed by atoms with Crippen molar-refractivity contribution in [2.45, 2.75) is 50.6 Å². The molecule has 4 rings (SSSR count). The summed E-state index contributed by atoms with van der Waals surface area (Å²) in [5.74, 6) is 0.00705. The van der Waals surface area contributed by atoms with E-state index in [0.29, 0.717) is 28.0 Å². The minimum absolute atomic E-state index is 0.0434. The molecular formula is C25H27F3N2O8. The Balaban J connectivity index is 1.36. The molecule has 5 atom stereocenters. The molecule has 1 aliphatic heterocycles. The number of fused-ring (bicyclic) bond motifs is 1. The van der Waals surface area contributed by atoms with Crippen molar-refractivity contribution in [2.75, 3.05) is 21.3 Å². The summed E-state index contributed by atoms with van der Waals surface area (Å²) in [6.07, 6.45) is -5.69. The fourth-order valence-electron chi connectivity index (χ4n) is 4.13. The molecule has 0 radical (unpaired) electrons. The van der Waals surface area contributed by atoms with Gasteiger partial charge in [-0.25, -0.2) is 0 Å². The van der Waals surface area contributed by atoms with Crippen molar-refractivity contribution in [3.05, 3.63) is 53.7 Å². The predicted molar refractivity (Wildman–Crippen MR) is 127 cm³/mol. The molecule has 10 nitrogen and oxygen atoms in total. The van der Waals surface area contributed by atoms with Crippen LogP contribution in [0.3, 0.4) is 0 Å². The lowest BCUT2D eigenvalue weighted by Crippen LogP contribution is -2.59. The molecule has 0 aliphatic carbocycles. The monoisotopic (exact) mass is 540 g/mol. The van der Waals surface area contributed by atoms with E-state index in [1.54, 1.807) is 32.4 Å². The Labute approximate surface area is 216 Å². The van der Waals surface area contributed by atoms with Gasteiger partial charge in [0.25, 0.3) is 6.29 Å². The van der Waals surface area contributed by atoms with Crippen LogP contribution < -0.4 is 9.47 Å². The Bertz CT molecular complexity index is 1220. The van der Waals surface area contributed by atoms with Crippen LogP contribution in [0.25, 0.3) is 11.0 Å². The van der Waals surface area contributed by atoms with E-state index in [-0.39, 0.29) is 24.6 Å². The van der Waals surface area contributed by atoms with E-state index >= 15 is 0 Å². The van der Waals surface area contributed by atoms with Gasteiger partial charge >= 0.3 is 6.36 Å². The maximum Gasteiger partial charge on any atom is 0.573 e. The van der Waals surface area contributed by atoms with Crippen molar-refractivity contribution in [3.63, 3.8) is 0 Å². The maximum absolute atomic E-state index is 12.3. The SMILES string of the molecule is CO[C@H]1[C@@H](OC)[C@H](C)O[C@@H](O/N=C/c2ccc3c(COc4ccc(OC(F)(F)F)cc4)noc3c2)[C@@H]1OC. The number of benzene rings is 2. The van der Waals surface area contributed by atoms with Crippen LogP contribution in [-0.2, 0) is 30.4 Å². The highest BCUT2D eigenvalue weighted by molar-refractivity contribution is 5.88. The molecule has 0 saturated carbocycles. The number of oxime groups is 1. The van der Waals surface area contributed by atoms with E-state index in [1.165, 1.54) is 25.5 Å². The molecule has 0 unspecified atom stereocenters. The van der Waals surface area contributed by atoms with Crippen molar-refractivity contribution in [1.82, 2.24) is 5.16 Å². The number of hydrogen-bond donors (Lipinski definition) is 0. The number of aromatic nitrogens is 1. The van der Waals surface area contributed by atoms with Gasteiger partial charge in [0.2, 0.25) is 0 Å². The van der Waals surface area contributed by atoms with E-state index < -0.39 is 24.9 Å². The summed E-state index contributed by atoms with van der Waals surface area (Å²) in [6.45, 7) is 1.89. The largest absolute Gasteiger partial charge is 0.573 e. The van der Waals surface area contributed by atoms with Crippen molar-refractivity contribution >= 4 is 17.2 Å². The standard InChI is InChI=1S/C25H27F3N2O8/c1-14-21(31-2)22(32-3)23(33-4)24(35-14)38-29-12-15-5-10-18-19(30-37-20(18)11-15)13-34-16-6-8-17(9-7-16)36-25(26,27)28/h5-12,14,21-24H,13H2,1-4H3/b29-12+/t14-,21-,22-,23+,24-/m0/s1. The minimum Gasteiger partial charge on any atom is -0.487 e. The Hall–Kier alpha value is -3.39. The van der Waals surface area contributed by atoms with Crippen LogP contribution >= 0.6 is 0 Å². The van der Waals surface area contributed by atoms with E-state index in [1.807, 2.05) is 6.92 Å². The van der Waals surface area contributed by atoms with Crippen LogP contribution in [0.1, 0.15) is 18.2 Å². The van der Waals surface area contributed by atoms with Crippen LogP contribution in [-0.4, -0.2) is 69.8 Å². The number of hydrogen-bond acceptors (Lipinski definition) is 10. The molecule has 2 heterocycles. The molecule has 206 valence electrons.